The van der Waals surface area contributed by atoms with Gasteiger partial charge in [-0.1, -0.05) is 0 Å². The second-order valence-electron chi connectivity index (χ2n) is 9.63. The van der Waals surface area contributed by atoms with E-state index in [0.717, 1.165) is 66.3 Å². The standard InChI is InChI=1S/C26H34N4O3/c1-15-23(26(31)30-18-7-5-17(27)6-8-18)25-20(11-12-28-25)24(29-15)21-13-19(32-2)9-10-22(21)33-14-16-3-4-16/h9-13,16-18,24,28-29H,3-8,14,27H2,1-2H3,(H,30,31). The molecule has 33 heavy (non-hydrogen) atoms. The fourth-order valence-electron chi connectivity index (χ4n) is 4.95. The van der Waals surface area contributed by atoms with E-state index in [2.05, 4.69) is 15.6 Å². The Hall–Kier alpha value is -2.93. The number of nitrogens with two attached hydrogens (primary N) is 1. The lowest BCUT2D eigenvalue weighted by Crippen LogP contribution is -2.42. The minimum atomic E-state index is -0.139. The van der Waals surface area contributed by atoms with Crippen molar-refractivity contribution in [3.05, 3.63) is 53.0 Å². The summed E-state index contributed by atoms with van der Waals surface area (Å²) in [5.41, 5.74) is 10.4. The predicted molar refractivity (Wildman–Crippen MR) is 128 cm³/mol. The molecule has 1 aromatic carbocycles. The third kappa shape index (κ3) is 4.60. The molecule has 7 heteroatoms. The fourth-order valence-corrected chi connectivity index (χ4v) is 4.95. The summed E-state index contributed by atoms with van der Waals surface area (Å²) in [6.45, 7) is 2.70. The van der Waals surface area contributed by atoms with E-state index in [-0.39, 0.29) is 24.0 Å². The van der Waals surface area contributed by atoms with Crippen LogP contribution in [0.15, 0.2) is 36.2 Å². The Bertz CT molecular complexity index is 1050. The third-order valence-electron chi connectivity index (χ3n) is 7.11. The molecule has 1 aromatic heterocycles. The van der Waals surface area contributed by atoms with Crippen molar-refractivity contribution in [3.8, 4) is 11.5 Å². The van der Waals surface area contributed by atoms with Crippen LogP contribution in [0.3, 0.4) is 0 Å². The molecule has 1 atom stereocenters. The van der Waals surface area contributed by atoms with E-state index in [1.54, 1.807) is 7.11 Å². The Balaban J connectivity index is 1.42. The molecule has 5 N–H and O–H groups in total. The van der Waals surface area contributed by atoms with Crippen molar-refractivity contribution in [1.82, 2.24) is 15.6 Å². The highest BCUT2D eigenvalue weighted by Crippen LogP contribution is 2.41. The summed E-state index contributed by atoms with van der Waals surface area (Å²) in [6, 6.07) is 8.28. The molecule has 2 aromatic rings. The zero-order chi connectivity index (χ0) is 22.9. The molecule has 1 unspecified atom stereocenters. The fraction of sp³-hybridized carbons (Fsp3) is 0.500. The van der Waals surface area contributed by atoms with Crippen molar-refractivity contribution in [1.29, 1.82) is 0 Å². The van der Waals surface area contributed by atoms with E-state index in [1.165, 1.54) is 12.8 Å². The number of fused-ring (bicyclic) bond motifs is 1. The molecule has 0 bridgehead atoms. The summed E-state index contributed by atoms with van der Waals surface area (Å²) >= 11 is 0. The molecule has 3 aliphatic rings. The van der Waals surface area contributed by atoms with Crippen LogP contribution in [0.1, 0.15) is 68.3 Å². The van der Waals surface area contributed by atoms with Gasteiger partial charge in [-0.15, -0.1) is 0 Å². The maximum Gasteiger partial charge on any atom is 0.255 e. The molecular formula is C26H34N4O3. The van der Waals surface area contributed by atoms with E-state index < -0.39 is 0 Å². The van der Waals surface area contributed by atoms with Crippen LogP contribution in [0.5, 0.6) is 11.5 Å². The van der Waals surface area contributed by atoms with Crippen molar-refractivity contribution >= 4 is 11.5 Å². The minimum absolute atomic E-state index is 0.0431. The summed E-state index contributed by atoms with van der Waals surface area (Å²) in [5.74, 6) is 2.25. The van der Waals surface area contributed by atoms with Gasteiger partial charge in [0, 0.05) is 35.1 Å². The van der Waals surface area contributed by atoms with Crippen LogP contribution in [0, 0.1) is 5.92 Å². The predicted octanol–water partition coefficient (Wildman–Crippen LogP) is 3.62. The van der Waals surface area contributed by atoms with Crippen molar-refractivity contribution in [2.45, 2.75) is 63.6 Å². The number of hydrogen-bond acceptors (Lipinski definition) is 5. The molecule has 2 aliphatic carbocycles. The molecule has 5 rings (SSSR count). The number of hydrogen-bond donors (Lipinski definition) is 4. The first-order valence-electron chi connectivity index (χ1n) is 12.1. The Morgan fingerprint density at radius 2 is 1.91 bits per heavy atom. The van der Waals surface area contributed by atoms with Crippen molar-refractivity contribution in [2.24, 2.45) is 11.7 Å². The first-order chi connectivity index (χ1) is 16.0. The summed E-state index contributed by atoms with van der Waals surface area (Å²) in [5, 5.41) is 6.83. The van der Waals surface area contributed by atoms with Gasteiger partial charge < -0.3 is 30.8 Å². The number of allylic oxidation sites excluding steroid dienone is 1. The number of aromatic amines is 1. The van der Waals surface area contributed by atoms with Crippen LogP contribution < -0.4 is 25.8 Å². The maximum atomic E-state index is 13.3. The molecular weight excluding hydrogens is 416 g/mol. The Morgan fingerprint density at radius 1 is 1.12 bits per heavy atom. The highest BCUT2D eigenvalue weighted by molar-refractivity contribution is 6.20. The molecule has 176 valence electrons. The number of rotatable bonds is 7. The van der Waals surface area contributed by atoms with Crippen LogP contribution in [0.2, 0.25) is 0 Å². The van der Waals surface area contributed by atoms with E-state index in [1.807, 2.05) is 37.4 Å². The molecule has 1 aliphatic heterocycles. The largest absolute Gasteiger partial charge is 0.497 e. The number of nitrogens with one attached hydrogen (secondary N) is 3. The first kappa shape index (κ1) is 21.9. The molecule has 2 saturated carbocycles. The number of carbonyl (C=O) groups excluding carboxylic acids is 1. The van der Waals surface area contributed by atoms with Gasteiger partial charge in [-0.3, -0.25) is 4.79 Å². The summed E-state index contributed by atoms with van der Waals surface area (Å²) < 4.78 is 11.7. The second kappa shape index (κ2) is 9.14. The Morgan fingerprint density at radius 3 is 2.64 bits per heavy atom. The first-order valence-corrected chi connectivity index (χ1v) is 12.1. The SMILES string of the molecule is COc1ccc(OCC2CC2)c(C2NC(C)=C(C(=O)NC3CCC(N)CC3)c3[nH]ccc32)c1. The molecule has 0 radical (unpaired) electrons. The topological polar surface area (TPSA) is 101 Å². The van der Waals surface area contributed by atoms with Crippen molar-refractivity contribution in [2.75, 3.05) is 13.7 Å². The van der Waals surface area contributed by atoms with Crippen molar-refractivity contribution < 1.29 is 14.3 Å². The zero-order valence-electron chi connectivity index (χ0n) is 19.4. The lowest BCUT2D eigenvalue weighted by molar-refractivity contribution is -0.116. The summed E-state index contributed by atoms with van der Waals surface area (Å²) in [4.78, 5) is 16.6. The van der Waals surface area contributed by atoms with E-state index in [9.17, 15) is 4.79 Å². The van der Waals surface area contributed by atoms with Crippen LogP contribution in [0.4, 0.5) is 0 Å². The van der Waals surface area contributed by atoms with Crippen LogP contribution in [-0.4, -0.2) is 36.7 Å². The van der Waals surface area contributed by atoms with E-state index >= 15 is 0 Å². The maximum absolute atomic E-state index is 13.3. The number of carbonyl (C=O) groups is 1. The highest BCUT2D eigenvalue weighted by atomic mass is 16.5. The normalized spacial score (nSPS) is 24.6. The average molecular weight is 451 g/mol. The second-order valence-corrected chi connectivity index (χ2v) is 9.63. The van der Waals surface area contributed by atoms with Crippen LogP contribution >= 0.6 is 0 Å². The van der Waals surface area contributed by atoms with Gasteiger partial charge in [-0.05, 0) is 75.6 Å². The van der Waals surface area contributed by atoms with Crippen LogP contribution in [-0.2, 0) is 4.79 Å². The van der Waals surface area contributed by atoms with Gasteiger partial charge in [0.1, 0.15) is 11.5 Å². The highest BCUT2D eigenvalue weighted by Gasteiger charge is 2.33. The number of H-pyrrole nitrogens is 1. The molecule has 0 saturated heterocycles. The van der Waals surface area contributed by atoms with Gasteiger partial charge >= 0.3 is 0 Å². The molecule has 2 heterocycles. The minimum Gasteiger partial charge on any atom is -0.497 e. The molecule has 2 fully saturated rings. The third-order valence-corrected chi connectivity index (χ3v) is 7.11. The monoisotopic (exact) mass is 450 g/mol. The Kier molecular flexibility index (Phi) is 6.06. The van der Waals surface area contributed by atoms with Gasteiger partial charge in [0.2, 0.25) is 0 Å². The van der Waals surface area contributed by atoms with E-state index in [4.69, 9.17) is 15.2 Å². The number of ether oxygens (including phenoxy) is 2. The molecule has 0 spiro atoms. The zero-order valence-corrected chi connectivity index (χ0v) is 19.4. The van der Waals surface area contributed by atoms with Crippen LogP contribution in [0.25, 0.3) is 5.57 Å². The van der Waals surface area contributed by atoms with Gasteiger partial charge in [0.25, 0.3) is 5.91 Å². The van der Waals surface area contributed by atoms with Gasteiger partial charge in [0.05, 0.1) is 31.0 Å². The van der Waals surface area contributed by atoms with Gasteiger partial charge in [0.15, 0.2) is 0 Å². The Labute approximate surface area is 195 Å². The number of aromatic nitrogens is 1. The van der Waals surface area contributed by atoms with Crippen molar-refractivity contribution in [3.63, 3.8) is 0 Å². The smallest absolute Gasteiger partial charge is 0.255 e. The average Bonchev–Trinajstić information content (AvgIpc) is 3.53. The van der Waals surface area contributed by atoms with E-state index in [0.29, 0.717) is 11.5 Å². The quantitative estimate of drug-likeness (QED) is 0.516. The van der Waals surface area contributed by atoms with Gasteiger partial charge in [-0.25, -0.2) is 0 Å². The number of benzene rings is 1. The summed E-state index contributed by atoms with van der Waals surface area (Å²) in [6.07, 6.45) is 8.14. The number of methoxy groups -OCH3 is 1. The van der Waals surface area contributed by atoms with Gasteiger partial charge in [-0.2, -0.15) is 0 Å². The lowest BCUT2D eigenvalue weighted by atomic mass is 9.89. The number of amides is 1. The summed E-state index contributed by atoms with van der Waals surface area (Å²) in [7, 11) is 1.67. The molecule has 1 amide bonds. The lowest BCUT2D eigenvalue weighted by Gasteiger charge is -2.31. The molecule has 7 nitrogen and oxygen atoms in total.